The normalized spacial score (nSPS) is 13.3. The lowest BCUT2D eigenvalue weighted by molar-refractivity contribution is 0.419. The molecule has 0 saturated heterocycles. The number of hydrogen-bond acceptors (Lipinski definition) is 3. The number of aromatic amines is 1. The Morgan fingerprint density at radius 1 is 1.16 bits per heavy atom. The lowest BCUT2D eigenvalue weighted by Gasteiger charge is -2.19. The van der Waals surface area contributed by atoms with Crippen LogP contribution >= 0.6 is 0 Å². The van der Waals surface area contributed by atoms with Gasteiger partial charge in [0.2, 0.25) is 0 Å². The first-order valence-electron chi connectivity index (χ1n) is 6.45. The van der Waals surface area contributed by atoms with E-state index in [2.05, 4.69) is 48.1 Å². The molecule has 0 fully saturated rings. The van der Waals surface area contributed by atoms with Gasteiger partial charge in [-0.25, -0.2) is 4.98 Å². The fourth-order valence-electron chi connectivity index (χ4n) is 2.44. The third-order valence-electron chi connectivity index (χ3n) is 3.33. The average molecular weight is 255 g/mol. The van der Waals surface area contributed by atoms with Crippen molar-refractivity contribution < 1.29 is 0 Å². The molecule has 0 spiro atoms. The number of benzene rings is 1. The molecule has 1 unspecified atom stereocenters. The van der Waals surface area contributed by atoms with Crippen LogP contribution in [-0.4, -0.2) is 24.7 Å². The Morgan fingerprint density at radius 2 is 1.89 bits per heavy atom. The number of hydrogen-bond donors (Lipinski definition) is 1. The molecule has 3 aromatic rings. The van der Waals surface area contributed by atoms with Crippen LogP contribution in [0.15, 0.2) is 30.9 Å². The number of H-pyrrole nitrogens is 1. The van der Waals surface area contributed by atoms with E-state index >= 15 is 0 Å². The molecular formula is C14H17N5. The van der Waals surface area contributed by atoms with Crippen molar-refractivity contribution in [3.05, 3.63) is 42.2 Å². The Morgan fingerprint density at radius 3 is 2.58 bits per heavy atom. The van der Waals surface area contributed by atoms with Gasteiger partial charge in [-0.05, 0) is 30.5 Å². The highest BCUT2D eigenvalue weighted by molar-refractivity contribution is 5.75. The molecule has 0 radical (unpaired) electrons. The van der Waals surface area contributed by atoms with E-state index in [4.69, 9.17) is 4.98 Å². The fraction of sp³-hybridized carbons (Fsp3) is 0.357. The Balaban J connectivity index is 2.10. The van der Waals surface area contributed by atoms with Crippen molar-refractivity contribution in [1.29, 1.82) is 0 Å². The van der Waals surface area contributed by atoms with Gasteiger partial charge in [0, 0.05) is 0 Å². The molecular weight excluding hydrogens is 238 g/mol. The van der Waals surface area contributed by atoms with Crippen molar-refractivity contribution in [2.45, 2.75) is 26.8 Å². The SMILES string of the molecule is Cc1ccc2nc(C(C(C)C)n3cnnc3)[nH]c2c1. The fourth-order valence-corrected chi connectivity index (χ4v) is 2.44. The van der Waals surface area contributed by atoms with Crippen molar-refractivity contribution in [1.82, 2.24) is 24.7 Å². The smallest absolute Gasteiger partial charge is 0.130 e. The zero-order valence-electron chi connectivity index (χ0n) is 11.3. The summed E-state index contributed by atoms with van der Waals surface area (Å²) in [5.41, 5.74) is 3.31. The topological polar surface area (TPSA) is 59.4 Å². The Bertz CT molecular complexity index is 681. The molecule has 1 atom stereocenters. The van der Waals surface area contributed by atoms with Crippen LogP contribution in [0.2, 0.25) is 0 Å². The van der Waals surface area contributed by atoms with Gasteiger partial charge in [0.1, 0.15) is 18.5 Å². The van der Waals surface area contributed by atoms with Crippen molar-refractivity contribution in [2.24, 2.45) is 5.92 Å². The van der Waals surface area contributed by atoms with Crippen LogP contribution in [0, 0.1) is 12.8 Å². The second kappa shape index (κ2) is 4.50. The van der Waals surface area contributed by atoms with Gasteiger partial charge in [0.25, 0.3) is 0 Å². The summed E-state index contributed by atoms with van der Waals surface area (Å²) in [6, 6.07) is 6.38. The molecule has 3 rings (SSSR count). The first-order chi connectivity index (χ1) is 9.15. The zero-order valence-corrected chi connectivity index (χ0v) is 11.3. The summed E-state index contributed by atoms with van der Waals surface area (Å²) in [4.78, 5) is 8.12. The van der Waals surface area contributed by atoms with E-state index in [0.717, 1.165) is 16.9 Å². The van der Waals surface area contributed by atoms with Gasteiger partial charge < -0.3 is 9.55 Å². The van der Waals surface area contributed by atoms with Crippen LogP contribution in [0.5, 0.6) is 0 Å². The van der Waals surface area contributed by atoms with E-state index in [9.17, 15) is 0 Å². The van der Waals surface area contributed by atoms with Crippen LogP contribution in [-0.2, 0) is 0 Å². The summed E-state index contributed by atoms with van der Waals surface area (Å²) >= 11 is 0. The number of rotatable bonds is 3. The standard InChI is InChI=1S/C14H17N5/c1-9(2)13(19-7-15-16-8-19)14-17-11-5-4-10(3)6-12(11)18-14/h4-9,13H,1-3H3,(H,17,18). The number of fused-ring (bicyclic) bond motifs is 1. The second-order valence-corrected chi connectivity index (χ2v) is 5.24. The number of nitrogens with zero attached hydrogens (tertiary/aromatic N) is 4. The van der Waals surface area contributed by atoms with E-state index in [1.165, 1.54) is 5.56 Å². The monoisotopic (exact) mass is 255 g/mol. The largest absolute Gasteiger partial charge is 0.340 e. The first kappa shape index (κ1) is 11.9. The van der Waals surface area contributed by atoms with Crippen molar-refractivity contribution in [2.75, 3.05) is 0 Å². The van der Waals surface area contributed by atoms with Crippen LogP contribution in [0.1, 0.15) is 31.3 Å². The minimum absolute atomic E-state index is 0.128. The van der Waals surface area contributed by atoms with Gasteiger partial charge >= 0.3 is 0 Å². The van der Waals surface area contributed by atoms with Crippen LogP contribution in [0.25, 0.3) is 11.0 Å². The van der Waals surface area contributed by atoms with E-state index in [1.54, 1.807) is 12.7 Å². The molecule has 0 aliphatic carbocycles. The minimum atomic E-state index is 0.128. The summed E-state index contributed by atoms with van der Waals surface area (Å²) in [5.74, 6) is 1.35. The van der Waals surface area contributed by atoms with E-state index in [-0.39, 0.29) is 6.04 Å². The van der Waals surface area contributed by atoms with E-state index in [0.29, 0.717) is 5.92 Å². The summed E-state index contributed by atoms with van der Waals surface area (Å²) in [6.45, 7) is 6.42. The molecule has 1 N–H and O–H groups in total. The van der Waals surface area contributed by atoms with Crippen molar-refractivity contribution in [3.63, 3.8) is 0 Å². The highest BCUT2D eigenvalue weighted by Crippen LogP contribution is 2.26. The molecule has 2 heterocycles. The van der Waals surface area contributed by atoms with Crippen molar-refractivity contribution in [3.8, 4) is 0 Å². The third kappa shape index (κ3) is 2.12. The predicted molar refractivity (Wildman–Crippen MR) is 73.8 cm³/mol. The minimum Gasteiger partial charge on any atom is -0.340 e. The highest BCUT2D eigenvalue weighted by Gasteiger charge is 2.21. The Labute approximate surface area is 111 Å². The van der Waals surface area contributed by atoms with Gasteiger partial charge in [0.05, 0.1) is 17.1 Å². The quantitative estimate of drug-likeness (QED) is 0.782. The van der Waals surface area contributed by atoms with Crippen LogP contribution in [0.4, 0.5) is 0 Å². The number of aryl methyl sites for hydroxylation is 1. The predicted octanol–water partition coefficient (Wildman–Crippen LogP) is 2.71. The molecule has 5 heteroatoms. The third-order valence-corrected chi connectivity index (χ3v) is 3.33. The molecule has 19 heavy (non-hydrogen) atoms. The maximum atomic E-state index is 4.70. The number of aromatic nitrogens is 5. The molecule has 1 aromatic carbocycles. The summed E-state index contributed by atoms with van der Waals surface area (Å²) < 4.78 is 2.00. The van der Waals surface area contributed by atoms with Gasteiger partial charge in [0.15, 0.2) is 0 Å². The second-order valence-electron chi connectivity index (χ2n) is 5.24. The molecule has 2 aromatic heterocycles. The lowest BCUT2D eigenvalue weighted by atomic mass is 10.0. The molecule has 0 bridgehead atoms. The van der Waals surface area contributed by atoms with Crippen molar-refractivity contribution >= 4 is 11.0 Å². The molecule has 0 aliphatic heterocycles. The van der Waals surface area contributed by atoms with Gasteiger partial charge in [-0.3, -0.25) is 0 Å². The maximum Gasteiger partial charge on any atom is 0.130 e. The highest BCUT2D eigenvalue weighted by atomic mass is 15.3. The molecule has 5 nitrogen and oxygen atoms in total. The summed E-state index contributed by atoms with van der Waals surface area (Å²) in [7, 11) is 0. The maximum absolute atomic E-state index is 4.70. The zero-order chi connectivity index (χ0) is 13.4. The van der Waals surface area contributed by atoms with E-state index < -0.39 is 0 Å². The van der Waals surface area contributed by atoms with Crippen LogP contribution < -0.4 is 0 Å². The molecule has 0 saturated carbocycles. The van der Waals surface area contributed by atoms with Gasteiger partial charge in [-0.2, -0.15) is 0 Å². The molecule has 0 aliphatic rings. The Hall–Kier alpha value is -2.17. The average Bonchev–Trinajstić information content (AvgIpc) is 2.97. The molecule has 98 valence electrons. The summed E-state index contributed by atoms with van der Waals surface area (Å²) in [5, 5.41) is 7.78. The van der Waals surface area contributed by atoms with Gasteiger partial charge in [-0.15, -0.1) is 10.2 Å². The van der Waals surface area contributed by atoms with Gasteiger partial charge in [-0.1, -0.05) is 19.9 Å². The first-order valence-corrected chi connectivity index (χ1v) is 6.45. The number of nitrogens with one attached hydrogen (secondary N) is 1. The molecule has 0 amide bonds. The summed E-state index contributed by atoms with van der Waals surface area (Å²) in [6.07, 6.45) is 3.48. The van der Waals surface area contributed by atoms with Crippen LogP contribution in [0.3, 0.4) is 0 Å². The number of imidazole rings is 1. The lowest BCUT2D eigenvalue weighted by Crippen LogP contribution is -2.16. The van der Waals surface area contributed by atoms with E-state index in [1.807, 2.05) is 10.6 Å². The Kier molecular flexibility index (Phi) is 2.81.